The summed E-state index contributed by atoms with van der Waals surface area (Å²) in [7, 11) is 0. The predicted molar refractivity (Wildman–Crippen MR) is 88.5 cm³/mol. The van der Waals surface area contributed by atoms with Crippen LogP contribution in [0.3, 0.4) is 0 Å². The first-order valence-electron chi connectivity index (χ1n) is 8.22. The molecule has 0 spiro atoms. The fourth-order valence-electron chi connectivity index (χ4n) is 3.09. The molecule has 0 radical (unpaired) electrons. The number of nitrogens with zero attached hydrogens (tertiary/aromatic N) is 2. The van der Waals surface area contributed by atoms with Crippen LogP contribution in [0, 0.1) is 5.82 Å². The number of hydrogen-bond donors (Lipinski definition) is 1. The van der Waals surface area contributed by atoms with Crippen molar-refractivity contribution in [1.29, 1.82) is 0 Å². The van der Waals surface area contributed by atoms with Crippen molar-refractivity contribution in [2.24, 2.45) is 0 Å². The van der Waals surface area contributed by atoms with Gasteiger partial charge in [0, 0.05) is 30.8 Å². The Morgan fingerprint density at radius 2 is 2.21 bits per heavy atom. The number of hydrogen-bond acceptors (Lipinski definition) is 3. The van der Waals surface area contributed by atoms with E-state index >= 15 is 0 Å². The Kier molecular flexibility index (Phi) is 4.74. The molecule has 3 rings (SSSR count). The summed E-state index contributed by atoms with van der Waals surface area (Å²) in [6, 6.07) is 7.50. The molecule has 1 saturated heterocycles. The third-order valence-electron chi connectivity index (χ3n) is 4.37. The van der Waals surface area contributed by atoms with Gasteiger partial charge in [0.15, 0.2) is 0 Å². The number of H-pyrrole nitrogens is 1. The Labute approximate surface area is 139 Å². The number of amides is 1. The molecular weight excluding hydrogens is 309 g/mol. The number of benzene rings is 1. The van der Waals surface area contributed by atoms with Crippen LogP contribution in [0.15, 0.2) is 35.1 Å². The number of carbonyl (C=O) groups excluding carboxylic acids is 1. The van der Waals surface area contributed by atoms with Gasteiger partial charge >= 0.3 is 0 Å². The Balaban J connectivity index is 1.82. The van der Waals surface area contributed by atoms with Gasteiger partial charge in [0.25, 0.3) is 11.5 Å². The number of nitrogens with one attached hydrogen (secondary N) is 1. The van der Waals surface area contributed by atoms with E-state index in [1.807, 2.05) is 6.92 Å². The minimum Gasteiger partial charge on any atom is -0.338 e. The van der Waals surface area contributed by atoms with E-state index in [0.717, 1.165) is 18.5 Å². The van der Waals surface area contributed by atoms with Crippen molar-refractivity contribution in [2.75, 3.05) is 13.1 Å². The number of rotatable bonds is 3. The summed E-state index contributed by atoms with van der Waals surface area (Å²) >= 11 is 0. The first kappa shape index (κ1) is 16.4. The van der Waals surface area contributed by atoms with E-state index < -0.39 is 5.82 Å². The zero-order valence-electron chi connectivity index (χ0n) is 13.6. The molecule has 0 saturated carbocycles. The van der Waals surface area contributed by atoms with Crippen molar-refractivity contribution >= 4 is 5.91 Å². The largest absolute Gasteiger partial charge is 0.338 e. The summed E-state index contributed by atoms with van der Waals surface area (Å²) in [5, 5.41) is 0. The first-order valence-corrected chi connectivity index (χ1v) is 8.22. The molecule has 1 aliphatic rings. The Bertz CT molecular complexity index is 803. The second kappa shape index (κ2) is 6.95. The summed E-state index contributed by atoms with van der Waals surface area (Å²) in [5.74, 6) is -0.241. The summed E-state index contributed by atoms with van der Waals surface area (Å²) in [4.78, 5) is 33.3. The van der Waals surface area contributed by atoms with E-state index in [1.165, 1.54) is 18.2 Å². The summed E-state index contributed by atoms with van der Waals surface area (Å²) in [6.45, 7) is 2.96. The zero-order valence-corrected chi connectivity index (χ0v) is 13.6. The van der Waals surface area contributed by atoms with E-state index in [2.05, 4.69) is 9.97 Å². The van der Waals surface area contributed by atoms with Gasteiger partial charge in [0.1, 0.15) is 11.6 Å². The van der Waals surface area contributed by atoms with Crippen LogP contribution >= 0.6 is 0 Å². The lowest BCUT2D eigenvalue weighted by molar-refractivity contribution is 0.0699. The van der Waals surface area contributed by atoms with Crippen molar-refractivity contribution in [2.45, 2.75) is 32.1 Å². The molecule has 1 aliphatic heterocycles. The monoisotopic (exact) mass is 329 g/mol. The van der Waals surface area contributed by atoms with Crippen molar-refractivity contribution < 1.29 is 9.18 Å². The van der Waals surface area contributed by atoms with E-state index in [9.17, 15) is 14.0 Å². The van der Waals surface area contributed by atoms with Crippen molar-refractivity contribution in [3.05, 3.63) is 63.6 Å². The fraction of sp³-hybridized carbons (Fsp3) is 0.389. The number of halogens is 1. The molecule has 1 N–H and O–H groups in total. The van der Waals surface area contributed by atoms with E-state index in [-0.39, 0.29) is 22.9 Å². The maximum atomic E-state index is 13.9. The third-order valence-corrected chi connectivity index (χ3v) is 4.37. The molecule has 5 nitrogen and oxygen atoms in total. The average Bonchev–Trinajstić information content (AvgIpc) is 2.61. The van der Waals surface area contributed by atoms with Gasteiger partial charge in [0.05, 0.1) is 5.56 Å². The number of likely N-dealkylation sites (tertiary alicyclic amines) is 1. The molecule has 1 aromatic carbocycles. The highest BCUT2D eigenvalue weighted by atomic mass is 19.1. The minimum absolute atomic E-state index is 0.0336. The van der Waals surface area contributed by atoms with Crippen molar-refractivity contribution in [3.63, 3.8) is 0 Å². The Morgan fingerprint density at radius 1 is 1.42 bits per heavy atom. The van der Waals surface area contributed by atoms with Crippen molar-refractivity contribution in [1.82, 2.24) is 14.9 Å². The normalized spacial score (nSPS) is 17.8. The van der Waals surface area contributed by atoms with Gasteiger partial charge in [-0.15, -0.1) is 0 Å². The zero-order chi connectivity index (χ0) is 17.1. The van der Waals surface area contributed by atoms with Gasteiger partial charge in [0.2, 0.25) is 0 Å². The number of piperidine rings is 1. The topological polar surface area (TPSA) is 66.1 Å². The lowest BCUT2D eigenvalue weighted by Crippen LogP contribution is -2.40. The molecule has 126 valence electrons. The fourth-order valence-corrected chi connectivity index (χ4v) is 3.09. The maximum Gasteiger partial charge on any atom is 0.256 e. The smallest absolute Gasteiger partial charge is 0.256 e. The summed E-state index contributed by atoms with van der Waals surface area (Å²) < 4.78 is 13.9. The number of carbonyl (C=O) groups is 1. The van der Waals surface area contributed by atoms with Gasteiger partial charge in [-0.25, -0.2) is 9.37 Å². The maximum absolute atomic E-state index is 13.9. The quantitative estimate of drug-likeness (QED) is 0.941. The first-order chi connectivity index (χ1) is 11.6. The molecule has 2 aromatic rings. The molecule has 1 aromatic heterocycles. The van der Waals surface area contributed by atoms with Crippen LogP contribution < -0.4 is 5.56 Å². The molecule has 24 heavy (non-hydrogen) atoms. The van der Waals surface area contributed by atoms with E-state index in [0.29, 0.717) is 25.3 Å². The van der Waals surface area contributed by atoms with Crippen LogP contribution in [0.5, 0.6) is 0 Å². The highest BCUT2D eigenvalue weighted by Crippen LogP contribution is 2.25. The highest BCUT2D eigenvalue weighted by molar-refractivity contribution is 5.94. The molecule has 2 heterocycles. The van der Waals surface area contributed by atoms with Crippen LogP contribution in [0.1, 0.15) is 47.6 Å². The lowest BCUT2D eigenvalue weighted by Gasteiger charge is -2.32. The SMILES string of the molecule is CCc1cc(=O)[nH]c([C@H]2CCCN(C(=O)c3ccccc3F)C2)n1. The third kappa shape index (κ3) is 3.37. The van der Waals surface area contributed by atoms with Gasteiger partial charge in [-0.1, -0.05) is 19.1 Å². The summed E-state index contributed by atoms with van der Waals surface area (Å²) in [5.41, 5.74) is 0.655. The second-order valence-corrected chi connectivity index (χ2v) is 6.05. The lowest BCUT2D eigenvalue weighted by atomic mass is 9.96. The minimum atomic E-state index is -0.510. The average molecular weight is 329 g/mol. The van der Waals surface area contributed by atoms with Crippen LogP contribution in [-0.2, 0) is 6.42 Å². The van der Waals surface area contributed by atoms with Crippen LogP contribution in [0.25, 0.3) is 0 Å². The van der Waals surface area contributed by atoms with Gasteiger partial charge < -0.3 is 9.88 Å². The summed E-state index contributed by atoms with van der Waals surface area (Å²) in [6.07, 6.45) is 2.32. The van der Waals surface area contributed by atoms with Gasteiger partial charge in [-0.3, -0.25) is 9.59 Å². The number of aryl methyl sites for hydroxylation is 1. The Morgan fingerprint density at radius 3 is 2.96 bits per heavy atom. The molecule has 0 bridgehead atoms. The standard InChI is InChI=1S/C18H20FN3O2/c1-2-13-10-16(23)21-17(20-13)12-6-5-9-22(11-12)18(24)14-7-3-4-8-15(14)19/h3-4,7-8,10,12H,2,5-6,9,11H2,1H3,(H,20,21,23)/t12-/m0/s1. The Hall–Kier alpha value is -2.50. The van der Waals surface area contributed by atoms with Gasteiger partial charge in [-0.2, -0.15) is 0 Å². The second-order valence-electron chi connectivity index (χ2n) is 6.05. The van der Waals surface area contributed by atoms with Crippen LogP contribution in [0.2, 0.25) is 0 Å². The van der Waals surface area contributed by atoms with Crippen molar-refractivity contribution in [3.8, 4) is 0 Å². The highest BCUT2D eigenvalue weighted by Gasteiger charge is 2.28. The molecular formula is C18H20FN3O2. The predicted octanol–water partition coefficient (Wildman–Crippen LogP) is 2.49. The molecule has 0 aliphatic carbocycles. The molecule has 6 heteroatoms. The number of aromatic nitrogens is 2. The molecule has 1 amide bonds. The molecule has 1 fully saturated rings. The van der Waals surface area contributed by atoms with Crippen LogP contribution in [0.4, 0.5) is 4.39 Å². The van der Waals surface area contributed by atoms with Gasteiger partial charge in [-0.05, 0) is 31.4 Å². The number of aromatic amines is 1. The van der Waals surface area contributed by atoms with Crippen LogP contribution in [-0.4, -0.2) is 33.9 Å². The molecule has 1 atom stereocenters. The van der Waals surface area contributed by atoms with E-state index in [4.69, 9.17) is 0 Å². The van der Waals surface area contributed by atoms with E-state index in [1.54, 1.807) is 17.0 Å². The molecule has 0 unspecified atom stereocenters.